The van der Waals surface area contributed by atoms with Crippen LogP contribution in [0.4, 0.5) is 0 Å². The zero-order chi connectivity index (χ0) is 14.1. The highest BCUT2D eigenvalue weighted by Gasteiger charge is 2.20. The van der Waals surface area contributed by atoms with Crippen molar-refractivity contribution in [2.24, 2.45) is 0 Å². The van der Waals surface area contributed by atoms with Gasteiger partial charge in [-0.2, -0.15) is 0 Å². The summed E-state index contributed by atoms with van der Waals surface area (Å²) in [5.74, 6) is 0. The van der Waals surface area contributed by atoms with Crippen molar-refractivity contribution in [1.29, 1.82) is 0 Å². The third-order valence-electron chi connectivity index (χ3n) is 3.45. The van der Waals surface area contributed by atoms with Crippen molar-refractivity contribution in [3.63, 3.8) is 0 Å². The lowest BCUT2D eigenvalue weighted by Crippen LogP contribution is -2.40. The Balaban J connectivity index is 2.14. The van der Waals surface area contributed by atoms with E-state index in [4.69, 9.17) is 4.74 Å². The minimum Gasteiger partial charge on any atom is -0.377 e. The van der Waals surface area contributed by atoms with Gasteiger partial charge in [-0.15, -0.1) is 0 Å². The molecule has 5 nitrogen and oxygen atoms in total. The summed E-state index contributed by atoms with van der Waals surface area (Å²) in [6.45, 7) is 5.97. The van der Waals surface area contributed by atoms with Crippen LogP contribution in [0.2, 0.25) is 0 Å². The molecule has 1 saturated carbocycles. The highest BCUT2D eigenvalue weighted by atomic mass is 32.2. The first-order valence-electron chi connectivity index (χ1n) is 7.37. The molecule has 0 aromatic heterocycles. The number of hydrogen-bond acceptors (Lipinski definition) is 4. The minimum absolute atomic E-state index is 0.341. The average Bonchev–Trinajstić information content (AvgIpc) is 2.88. The Morgan fingerprint density at radius 1 is 1.26 bits per heavy atom. The fourth-order valence-corrected chi connectivity index (χ4v) is 3.19. The quantitative estimate of drug-likeness (QED) is 0.595. The van der Waals surface area contributed by atoms with Gasteiger partial charge >= 0.3 is 0 Å². The normalized spacial score (nSPS) is 18.8. The zero-order valence-electron chi connectivity index (χ0n) is 12.2. The summed E-state index contributed by atoms with van der Waals surface area (Å²) in [5, 5.41) is 2.71. The highest BCUT2D eigenvalue weighted by Crippen LogP contribution is 2.20. The molecule has 2 N–H and O–H groups in total. The van der Waals surface area contributed by atoms with Gasteiger partial charge in [0.05, 0.1) is 18.0 Å². The molecule has 0 bridgehead atoms. The van der Waals surface area contributed by atoms with Crippen molar-refractivity contribution in [3.8, 4) is 0 Å². The first kappa shape index (κ1) is 16.9. The summed E-state index contributed by atoms with van der Waals surface area (Å²) in [6.07, 6.45) is 6.05. The van der Waals surface area contributed by atoms with Gasteiger partial charge in [0.1, 0.15) is 0 Å². The fraction of sp³-hybridized carbons (Fsp3) is 1.00. The summed E-state index contributed by atoms with van der Waals surface area (Å²) in [7, 11) is -3.23. The van der Waals surface area contributed by atoms with E-state index in [9.17, 15) is 8.42 Å². The molecule has 0 aliphatic heterocycles. The molecule has 0 radical (unpaired) electrons. The standard InChI is InChI=1S/C13H28N2O3S/c1-3-8-14-11-12(2)19(16,17)15-9-10-18-13-6-4-5-7-13/h12-15H,3-11H2,1-2H3. The molecule has 19 heavy (non-hydrogen) atoms. The van der Waals surface area contributed by atoms with Crippen LogP contribution in [0.25, 0.3) is 0 Å². The van der Waals surface area contributed by atoms with Crippen molar-refractivity contribution in [3.05, 3.63) is 0 Å². The van der Waals surface area contributed by atoms with E-state index in [1.807, 2.05) is 0 Å². The number of nitrogens with one attached hydrogen (secondary N) is 2. The van der Waals surface area contributed by atoms with Crippen LogP contribution in [0.1, 0.15) is 46.0 Å². The van der Waals surface area contributed by atoms with Gasteiger partial charge in [0.15, 0.2) is 0 Å². The van der Waals surface area contributed by atoms with Gasteiger partial charge < -0.3 is 10.1 Å². The maximum Gasteiger partial charge on any atom is 0.215 e. The van der Waals surface area contributed by atoms with Crippen LogP contribution >= 0.6 is 0 Å². The lowest BCUT2D eigenvalue weighted by Gasteiger charge is -2.15. The second kappa shape index (κ2) is 8.89. The van der Waals surface area contributed by atoms with Gasteiger partial charge in [0, 0.05) is 13.1 Å². The Kier molecular flexibility index (Phi) is 7.90. The van der Waals surface area contributed by atoms with E-state index in [1.165, 1.54) is 12.8 Å². The molecule has 1 fully saturated rings. The van der Waals surface area contributed by atoms with Crippen LogP contribution in [-0.4, -0.2) is 46.0 Å². The van der Waals surface area contributed by atoms with E-state index in [0.717, 1.165) is 25.8 Å². The Morgan fingerprint density at radius 3 is 2.58 bits per heavy atom. The first-order valence-corrected chi connectivity index (χ1v) is 8.91. The SMILES string of the molecule is CCCNCC(C)S(=O)(=O)NCCOC1CCCC1. The third-order valence-corrected chi connectivity index (χ3v) is 5.28. The van der Waals surface area contributed by atoms with Crippen LogP contribution in [0, 0.1) is 0 Å². The molecule has 1 rings (SSSR count). The van der Waals surface area contributed by atoms with Crippen molar-refractivity contribution in [2.75, 3.05) is 26.2 Å². The summed E-state index contributed by atoms with van der Waals surface area (Å²) in [5.41, 5.74) is 0. The Labute approximate surface area is 117 Å². The monoisotopic (exact) mass is 292 g/mol. The van der Waals surface area contributed by atoms with Crippen LogP contribution in [0.15, 0.2) is 0 Å². The van der Waals surface area contributed by atoms with E-state index in [1.54, 1.807) is 6.92 Å². The maximum absolute atomic E-state index is 11.9. The maximum atomic E-state index is 11.9. The molecular formula is C13H28N2O3S. The lowest BCUT2D eigenvalue weighted by molar-refractivity contribution is 0.0626. The van der Waals surface area contributed by atoms with E-state index < -0.39 is 15.3 Å². The Morgan fingerprint density at radius 2 is 1.95 bits per heavy atom. The van der Waals surface area contributed by atoms with Gasteiger partial charge in [-0.1, -0.05) is 19.8 Å². The topological polar surface area (TPSA) is 67.4 Å². The minimum atomic E-state index is -3.23. The molecule has 114 valence electrons. The lowest BCUT2D eigenvalue weighted by atomic mass is 10.3. The van der Waals surface area contributed by atoms with Crippen molar-refractivity contribution < 1.29 is 13.2 Å². The number of rotatable bonds is 10. The van der Waals surface area contributed by atoms with Gasteiger partial charge in [0.2, 0.25) is 10.0 Å². The Bertz CT molecular complexity index is 327. The average molecular weight is 292 g/mol. The number of sulfonamides is 1. The summed E-state index contributed by atoms with van der Waals surface area (Å²) in [4.78, 5) is 0. The second-order valence-electron chi connectivity index (χ2n) is 5.23. The molecule has 0 spiro atoms. The van der Waals surface area contributed by atoms with E-state index in [0.29, 0.717) is 25.8 Å². The molecule has 0 saturated heterocycles. The van der Waals surface area contributed by atoms with Crippen LogP contribution < -0.4 is 10.0 Å². The summed E-state index contributed by atoms with van der Waals surface area (Å²) in [6, 6.07) is 0. The summed E-state index contributed by atoms with van der Waals surface area (Å²) < 4.78 is 32.1. The fourth-order valence-electron chi connectivity index (χ4n) is 2.20. The first-order chi connectivity index (χ1) is 9.06. The summed E-state index contributed by atoms with van der Waals surface area (Å²) >= 11 is 0. The largest absolute Gasteiger partial charge is 0.377 e. The molecule has 6 heteroatoms. The second-order valence-corrected chi connectivity index (χ2v) is 7.41. The predicted molar refractivity (Wildman–Crippen MR) is 77.8 cm³/mol. The number of hydrogen-bond donors (Lipinski definition) is 2. The van der Waals surface area contributed by atoms with Crippen LogP contribution in [0.5, 0.6) is 0 Å². The van der Waals surface area contributed by atoms with E-state index in [-0.39, 0.29) is 0 Å². The van der Waals surface area contributed by atoms with E-state index in [2.05, 4.69) is 17.0 Å². The molecule has 0 aromatic carbocycles. The zero-order valence-corrected chi connectivity index (χ0v) is 13.0. The van der Waals surface area contributed by atoms with Gasteiger partial charge in [0.25, 0.3) is 0 Å². The third kappa shape index (κ3) is 6.70. The highest BCUT2D eigenvalue weighted by molar-refractivity contribution is 7.90. The van der Waals surface area contributed by atoms with Crippen molar-refractivity contribution >= 4 is 10.0 Å². The van der Waals surface area contributed by atoms with Crippen molar-refractivity contribution in [2.45, 2.75) is 57.3 Å². The van der Waals surface area contributed by atoms with Gasteiger partial charge in [-0.25, -0.2) is 13.1 Å². The molecule has 0 aromatic rings. The molecule has 0 amide bonds. The molecule has 1 aliphatic rings. The van der Waals surface area contributed by atoms with E-state index >= 15 is 0 Å². The van der Waals surface area contributed by atoms with Gasteiger partial charge in [-0.3, -0.25) is 0 Å². The van der Waals surface area contributed by atoms with Crippen LogP contribution in [-0.2, 0) is 14.8 Å². The van der Waals surface area contributed by atoms with Crippen molar-refractivity contribution in [1.82, 2.24) is 10.0 Å². The molecular weight excluding hydrogens is 264 g/mol. The van der Waals surface area contributed by atoms with Crippen LogP contribution in [0.3, 0.4) is 0 Å². The molecule has 1 aliphatic carbocycles. The predicted octanol–water partition coefficient (Wildman–Crippen LogP) is 1.25. The smallest absolute Gasteiger partial charge is 0.215 e. The molecule has 1 atom stereocenters. The van der Waals surface area contributed by atoms with Gasteiger partial charge in [-0.05, 0) is 32.7 Å². The Hall–Kier alpha value is -0.170. The number of ether oxygens (including phenoxy) is 1. The molecule has 1 unspecified atom stereocenters. The molecule has 0 heterocycles.